The first kappa shape index (κ1) is 15.7. The highest BCUT2D eigenvalue weighted by molar-refractivity contribution is 7.91. The number of sulfone groups is 1. The Kier molecular flexibility index (Phi) is 3.93. The van der Waals surface area contributed by atoms with Crippen molar-refractivity contribution in [3.63, 3.8) is 0 Å². The number of carbonyl (C=O) groups is 3. The summed E-state index contributed by atoms with van der Waals surface area (Å²) in [6.07, 6.45) is 0.983. The van der Waals surface area contributed by atoms with Crippen LogP contribution in [0.1, 0.15) is 40.0 Å². The van der Waals surface area contributed by atoms with Gasteiger partial charge in [-0.3, -0.25) is 9.59 Å². The first-order valence-electron chi connectivity index (χ1n) is 7.26. The van der Waals surface area contributed by atoms with E-state index in [1.165, 1.54) is 12.1 Å². The zero-order chi connectivity index (χ0) is 16.6. The van der Waals surface area contributed by atoms with Crippen LogP contribution in [-0.2, 0) is 19.5 Å². The van der Waals surface area contributed by atoms with Gasteiger partial charge in [0.15, 0.2) is 9.84 Å². The molecule has 122 valence electrons. The second kappa shape index (κ2) is 5.77. The lowest BCUT2D eigenvalue weighted by Gasteiger charge is -2.21. The van der Waals surface area contributed by atoms with E-state index in [0.29, 0.717) is 17.9 Å². The van der Waals surface area contributed by atoms with E-state index in [0.717, 1.165) is 0 Å². The molecule has 0 radical (unpaired) electrons. The molecule has 8 heteroatoms. The van der Waals surface area contributed by atoms with Crippen LogP contribution >= 0.6 is 0 Å². The normalized spacial score (nSPS) is 22.8. The minimum Gasteiger partial charge on any atom is -0.330 e. The molecule has 0 spiro atoms. The monoisotopic (exact) mass is 337 g/mol. The van der Waals surface area contributed by atoms with E-state index < -0.39 is 27.6 Å². The molecule has 1 aromatic carbocycles. The van der Waals surface area contributed by atoms with Gasteiger partial charge < -0.3 is 4.84 Å². The number of benzene rings is 1. The number of fused-ring (bicyclic) bond motifs is 1. The third-order valence-corrected chi connectivity index (χ3v) is 5.85. The molecule has 23 heavy (non-hydrogen) atoms. The summed E-state index contributed by atoms with van der Waals surface area (Å²) in [4.78, 5) is 41.0. The Labute approximate surface area is 133 Å². The molecule has 2 amide bonds. The molecule has 1 unspecified atom stereocenters. The summed E-state index contributed by atoms with van der Waals surface area (Å²) in [6.45, 7) is 0. The predicted molar refractivity (Wildman–Crippen MR) is 79.0 cm³/mol. The molecular weight excluding hydrogens is 322 g/mol. The van der Waals surface area contributed by atoms with Crippen LogP contribution in [0.2, 0.25) is 0 Å². The molecule has 3 rings (SSSR count). The number of hydrogen-bond donors (Lipinski definition) is 0. The SMILES string of the molecule is O=C(CC1CCCS(=O)(=O)C1)ON1C(=O)c2ccccc2C1=O. The maximum Gasteiger partial charge on any atom is 0.333 e. The second-order valence-electron chi connectivity index (χ2n) is 5.74. The van der Waals surface area contributed by atoms with Crippen LogP contribution in [-0.4, -0.2) is 42.8 Å². The van der Waals surface area contributed by atoms with E-state index in [-0.39, 0.29) is 35.0 Å². The van der Waals surface area contributed by atoms with Gasteiger partial charge in [-0.2, -0.15) is 0 Å². The van der Waals surface area contributed by atoms with E-state index in [4.69, 9.17) is 4.84 Å². The van der Waals surface area contributed by atoms with Crippen LogP contribution < -0.4 is 0 Å². The van der Waals surface area contributed by atoms with Crippen molar-refractivity contribution in [2.24, 2.45) is 5.92 Å². The maximum absolute atomic E-state index is 12.1. The summed E-state index contributed by atoms with van der Waals surface area (Å²) in [5.41, 5.74) is 0.371. The van der Waals surface area contributed by atoms with Crippen molar-refractivity contribution in [2.45, 2.75) is 19.3 Å². The number of imide groups is 1. The van der Waals surface area contributed by atoms with Gasteiger partial charge in [-0.15, -0.1) is 0 Å². The lowest BCUT2D eigenvalue weighted by Crippen LogP contribution is -2.34. The quantitative estimate of drug-likeness (QED) is 0.762. The smallest absolute Gasteiger partial charge is 0.330 e. The molecule has 2 heterocycles. The highest BCUT2D eigenvalue weighted by atomic mass is 32.2. The molecule has 1 aromatic rings. The lowest BCUT2D eigenvalue weighted by atomic mass is 10.0. The van der Waals surface area contributed by atoms with E-state index in [2.05, 4.69) is 0 Å². The largest absolute Gasteiger partial charge is 0.333 e. The fraction of sp³-hybridized carbons (Fsp3) is 0.400. The molecular formula is C15H15NO6S. The van der Waals surface area contributed by atoms with E-state index in [9.17, 15) is 22.8 Å². The van der Waals surface area contributed by atoms with Crippen molar-refractivity contribution in [1.29, 1.82) is 0 Å². The Morgan fingerprint density at radius 1 is 1.17 bits per heavy atom. The Morgan fingerprint density at radius 3 is 2.35 bits per heavy atom. The van der Waals surface area contributed by atoms with Crippen LogP contribution in [0.3, 0.4) is 0 Å². The number of hydroxylamine groups is 2. The van der Waals surface area contributed by atoms with E-state index in [1.54, 1.807) is 12.1 Å². The summed E-state index contributed by atoms with van der Waals surface area (Å²) >= 11 is 0. The molecule has 0 N–H and O–H groups in total. The van der Waals surface area contributed by atoms with Crippen LogP contribution in [0.15, 0.2) is 24.3 Å². The standard InChI is InChI=1S/C15H15NO6S/c17-13(8-10-4-3-7-23(20,21)9-10)22-16-14(18)11-5-1-2-6-12(11)15(16)19/h1-2,5-6,10H,3-4,7-9H2. The van der Waals surface area contributed by atoms with Gasteiger partial charge in [0.25, 0.3) is 11.8 Å². The van der Waals surface area contributed by atoms with Crippen molar-refractivity contribution in [3.05, 3.63) is 35.4 Å². The molecule has 1 atom stereocenters. The number of carbonyl (C=O) groups excluding carboxylic acids is 3. The Morgan fingerprint density at radius 2 is 1.78 bits per heavy atom. The van der Waals surface area contributed by atoms with Crippen molar-refractivity contribution >= 4 is 27.6 Å². The number of amides is 2. The van der Waals surface area contributed by atoms with Crippen molar-refractivity contribution < 1.29 is 27.6 Å². The fourth-order valence-electron chi connectivity index (χ4n) is 2.90. The first-order chi connectivity index (χ1) is 10.9. The van der Waals surface area contributed by atoms with Gasteiger partial charge >= 0.3 is 5.97 Å². The van der Waals surface area contributed by atoms with Gasteiger partial charge in [0, 0.05) is 0 Å². The van der Waals surface area contributed by atoms with Gasteiger partial charge in [0.2, 0.25) is 0 Å². The second-order valence-corrected chi connectivity index (χ2v) is 7.97. The molecule has 0 aromatic heterocycles. The molecule has 0 saturated carbocycles. The van der Waals surface area contributed by atoms with Gasteiger partial charge in [0.1, 0.15) is 0 Å². The third kappa shape index (κ3) is 3.12. The fourth-order valence-corrected chi connectivity index (χ4v) is 4.68. The van der Waals surface area contributed by atoms with Gasteiger partial charge in [-0.1, -0.05) is 17.2 Å². The van der Waals surface area contributed by atoms with E-state index in [1.807, 2.05) is 0 Å². The maximum atomic E-state index is 12.1. The van der Waals surface area contributed by atoms with Gasteiger partial charge in [-0.25, -0.2) is 13.2 Å². The lowest BCUT2D eigenvalue weighted by molar-refractivity contribution is -0.169. The molecule has 0 bridgehead atoms. The topological polar surface area (TPSA) is 97.8 Å². The van der Waals surface area contributed by atoms with Crippen molar-refractivity contribution in [2.75, 3.05) is 11.5 Å². The van der Waals surface area contributed by atoms with Crippen LogP contribution in [0.5, 0.6) is 0 Å². The zero-order valence-corrected chi connectivity index (χ0v) is 13.0. The summed E-state index contributed by atoms with van der Waals surface area (Å²) in [5, 5.41) is 0.449. The molecule has 1 fully saturated rings. The molecule has 1 saturated heterocycles. The molecule has 2 aliphatic rings. The van der Waals surface area contributed by atoms with Crippen LogP contribution in [0.25, 0.3) is 0 Å². The molecule has 7 nitrogen and oxygen atoms in total. The van der Waals surface area contributed by atoms with Gasteiger partial charge in [-0.05, 0) is 30.9 Å². The molecule has 0 aliphatic carbocycles. The predicted octanol–water partition coefficient (Wildman–Crippen LogP) is 0.956. The molecule has 2 aliphatic heterocycles. The number of rotatable bonds is 3. The third-order valence-electron chi connectivity index (χ3n) is 3.96. The Balaban J connectivity index is 1.65. The summed E-state index contributed by atoms with van der Waals surface area (Å²) in [7, 11) is -3.13. The average molecular weight is 337 g/mol. The summed E-state index contributed by atoms with van der Waals surface area (Å²) in [6, 6.07) is 6.19. The zero-order valence-electron chi connectivity index (χ0n) is 12.2. The first-order valence-corrected chi connectivity index (χ1v) is 9.08. The highest BCUT2D eigenvalue weighted by Gasteiger charge is 2.39. The van der Waals surface area contributed by atoms with Crippen LogP contribution in [0.4, 0.5) is 0 Å². The minimum atomic E-state index is -3.13. The minimum absolute atomic E-state index is 0.0653. The van der Waals surface area contributed by atoms with Crippen LogP contribution in [0, 0.1) is 5.92 Å². The number of hydrogen-bond acceptors (Lipinski definition) is 6. The number of nitrogens with zero attached hydrogens (tertiary/aromatic N) is 1. The highest BCUT2D eigenvalue weighted by Crippen LogP contribution is 2.25. The Bertz CT molecular complexity index is 750. The van der Waals surface area contributed by atoms with Crippen molar-refractivity contribution in [1.82, 2.24) is 5.06 Å². The summed E-state index contributed by atoms with van der Waals surface area (Å²) in [5.74, 6) is -2.41. The van der Waals surface area contributed by atoms with E-state index >= 15 is 0 Å². The Hall–Kier alpha value is -2.22. The van der Waals surface area contributed by atoms with Crippen molar-refractivity contribution in [3.8, 4) is 0 Å². The van der Waals surface area contributed by atoms with Gasteiger partial charge in [0.05, 0.1) is 29.1 Å². The summed E-state index contributed by atoms with van der Waals surface area (Å²) < 4.78 is 23.1. The average Bonchev–Trinajstić information content (AvgIpc) is 2.72.